The normalized spacial score (nSPS) is 18.9. The number of carbonyl (C=O) groups excluding carboxylic acids is 2. The number of hydrogen-bond donors (Lipinski definition) is 2. The van der Waals surface area contributed by atoms with Gasteiger partial charge in [0, 0.05) is 10.5 Å². The van der Waals surface area contributed by atoms with Crippen LogP contribution in [0.15, 0.2) is 16.6 Å². The van der Waals surface area contributed by atoms with E-state index in [1.807, 2.05) is 0 Å². The number of imide groups is 1. The summed E-state index contributed by atoms with van der Waals surface area (Å²) in [4.78, 5) is 23.4. The summed E-state index contributed by atoms with van der Waals surface area (Å²) in [5, 5.41) is 4.89. The zero-order valence-electron chi connectivity index (χ0n) is 12.8. The number of sulfone groups is 1. The molecule has 1 aromatic carbocycles. The van der Waals surface area contributed by atoms with Crippen LogP contribution in [0.25, 0.3) is 0 Å². The van der Waals surface area contributed by atoms with Gasteiger partial charge in [0.15, 0.2) is 16.4 Å². The molecule has 2 N–H and O–H groups in total. The molecule has 0 aromatic heterocycles. The Kier molecular flexibility index (Phi) is 6.11. The Bertz CT molecular complexity index is 745. The van der Waals surface area contributed by atoms with Crippen molar-refractivity contribution in [2.45, 2.75) is 19.4 Å². The van der Waals surface area contributed by atoms with E-state index in [2.05, 4.69) is 26.6 Å². The molecule has 0 bridgehead atoms. The standard InChI is InChI=1S/C14H16BrClN2O5S/c1-8-4-9(15)5-11(16)13(8)23-6-12(19)18-14(20)17-10-2-3-24(21,22)7-10/h4-5,10H,2-3,6-7H2,1H3,(H2,17,18,19,20)/t10-/m1/s1. The van der Waals surface area contributed by atoms with Gasteiger partial charge in [0.2, 0.25) is 0 Å². The zero-order chi connectivity index (χ0) is 17.9. The van der Waals surface area contributed by atoms with Crippen molar-refractivity contribution in [3.8, 4) is 5.75 Å². The van der Waals surface area contributed by atoms with Crippen molar-refractivity contribution >= 4 is 49.3 Å². The summed E-state index contributed by atoms with van der Waals surface area (Å²) in [7, 11) is -3.10. The Balaban J connectivity index is 1.82. The molecule has 1 saturated heterocycles. The van der Waals surface area contributed by atoms with E-state index in [0.717, 1.165) is 10.0 Å². The van der Waals surface area contributed by atoms with Crippen LogP contribution in [0.1, 0.15) is 12.0 Å². The molecule has 24 heavy (non-hydrogen) atoms. The molecule has 1 fully saturated rings. The van der Waals surface area contributed by atoms with Gasteiger partial charge in [-0.25, -0.2) is 13.2 Å². The molecule has 7 nitrogen and oxygen atoms in total. The molecule has 0 radical (unpaired) electrons. The van der Waals surface area contributed by atoms with Crippen molar-refractivity contribution in [2.75, 3.05) is 18.1 Å². The van der Waals surface area contributed by atoms with Gasteiger partial charge in [0.05, 0.1) is 16.5 Å². The summed E-state index contributed by atoms with van der Waals surface area (Å²) in [5.74, 6) is -0.376. The molecule has 1 aliphatic heterocycles. The van der Waals surface area contributed by atoms with Crippen LogP contribution < -0.4 is 15.4 Å². The van der Waals surface area contributed by atoms with Crippen LogP contribution in [-0.2, 0) is 14.6 Å². The molecular weight excluding hydrogens is 424 g/mol. The van der Waals surface area contributed by atoms with Crippen LogP contribution in [0.5, 0.6) is 5.75 Å². The highest BCUT2D eigenvalue weighted by Gasteiger charge is 2.29. The lowest BCUT2D eigenvalue weighted by atomic mass is 10.2. The van der Waals surface area contributed by atoms with Gasteiger partial charge in [-0.3, -0.25) is 10.1 Å². The Morgan fingerprint density at radius 3 is 2.71 bits per heavy atom. The van der Waals surface area contributed by atoms with Gasteiger partial charge in [-0.2, -0.15) is 0 Å². The number of aryl methyl sites for hydroxylation is 1. The van der Waals surface area contributed by atoms with Crippen molar-refractivity contribution in [3.05, 3.63) is 27.2 Å². The number of rotatable bonds is 4. The fourth-order valence-corrected chi connectivity index (χ4v) is 5.00. The predicted molar refractivity (Wildman–Crippen MR) is 93.1 cm³/mol. The number of nitrogens with one attached hydrogen (secondary N) is 2. The average Bonchev–Trinajstić information content (AvgIpc) is 2.76. The number of urea groups is 1. The Morgan fingerprint density at radius 2 is 2.12 bits per heavy atom. The lowest BCUT2D eigenvalue weighted by Gasteiger charge is -2.13. The summed E-state index contributed by atoms with van der Waals surface area (Å²) < 4.78 is 28.8. The molecule has 0 aliphatic carbocycles. The number of hydrogen-bond acceptors (Lipinski definition) is 5. The molecule has 3 amide bonds. The molecule has 2 rings (SSSR count). The van der Waals surface area contributed by atoms with E-state index >= 15 is 0 Å². The van der Waals surface area contributed by atoms with E-state index in [4.69, 9.17) is 16.3 Å². The Hall–Kier alpha value is -1.32. The van der Waals surface area contributed by atoms with Gasteiger partial charge in [0.25, 0.3) is 5.91 Å². The van der Waals surface area contributed by atoms with Crippen molar-refractivity contribution < 1.29 is 22.7 Å². The number of carbonyl (C=O) groups is 2. The Labute approximate surface area is 153 Å². The van der Waals surface area contributed by atoms with Gasteiger partial charge < -0.3 is 10.1 Å². The smallest absolute Gasteiger partial charge is 0.321 e. The number of ether oxygens (including phenoxy) is 1. The lowest BCUT2D eigenvalue weighted by Crippen LogP contribution is -2.46. The van der Waals surface area contributed by atoms with Crippen molar-refractivity contribution in [1.29, 1.82) is 0 Å². The minimum Gasteiger partial charge on any atom is -0.482 e. The minimum atomic E-state index is -3.10. The molecule has 1 aliphatic rings. The molecule has 132 valence electrons. The predicted octanol–water partition coefficient (Wildman–Crippen LogP) is 1.80. The highest BCUT2D eigenvalue weighted by atomic mass is 79.9. The SMILES string of the molecule is Cc1cc(Br)cc(Cl)c1OCC(=O)NC(=O)N[C@@H]1CCS(=O)(=O)C1. The lowest BCUT2D eigenvalue weighted by molar-refractivity contribution is -0.122. The average molecular weight is 440 g/mol. The van der Waals surface area contributed by atoms with Gasteiger partial charge in [0.1, 0.15) is 5.75 Å². The first-order chi connectivity index (χ1) is 11.2. The van der Waals surface area contributed by atoms with E-state index in [1.165, 1.54) is 0 Å². The van der Waals surface area contributed by atoms with Crippen molar-refractivity contribution in [1.82, 2.24) is 10.6 Å². The second-order valence-corrected chi connectivity index (χ2v) is 9.00. The van der Waals surface area contributed by atoms with Gasteiger partial charge in [-0.1, -0.05) is 27.5 Å². The maximum absolute atomic E-state index is 11.7. The third-order valence-electron chi connectivity index (χ3n) is 3.36. The first-order valence-corrected chi connectivity index (χ1v) is 10.0. The molecule has 1 heterocycles. The monoisotopic (exact) mass is 438 g/mol. The second kappa shape index (κ2) is 7.71. The zero-order valence-corrected chi connectivity index (χ0v) is 15.9. The van der Waals surface area contributed by atoms with Crippen LogP contribution in [-0.4, -0.2) is 44.5 Å². The van der Waals surface area contributed by atoms with Crippen LogP contribution in [0.2, 0.25) is 5.02 Å². The molecule has 1 aromatic rings. The second-order valence-electron chi connectivity index (χ2n) is 5.44. The van der Waals surface area contributed by atoms with Gasteiger partial charge in [-0.05, 0) is 31.0 Å². The summed E-state index contributed by atoms with van der Waals surface area (Å²) in [5.41, 5.74) is 0.739. The minimum absolute atomic E-state index is 0.0380. The maximum Gasteiger partial charge on any atom is 0.321 e. The van der Waals surface area contributed by atoms with E-state index in [1.54, 1.807) is 19.1 Å². The van der Waals surface area contributed by atoms with Crippen LogP contribution in [0, 0.1) is 6.92 Å². The van der Waals surface area contributed by atoms with Crippen molar-refractivity contribution in [3.63, 3.8) is 0 Å². The fourth-order valence-electron chi connectivity index (χ4n) is 2.30. The third kappa shape index (κ3) is 5.35. The van der Waals surface area contributed by atoms with Crippen LogP contribution >= 0.6 is 27.5 Å². The van der Waals surface area contributed by atoms with E-state index in [0.29, 0.717) is 17.2 Å². The molecule has 0 spiro atoms. The quantitative estimate of drug-likeness (QED) is 0.745. The van der Waals surface area contributed by atoms with Gasteiger partial charge >= 0.3 is 6.03 Å². The molecular formula is C14H16BrClN2O5S. The van der Waals surface area contributed by atoms with Gasteiger partial charge in [-0.15, -0.1) is 0 Å². The summed E-state index contributed by atoms with van der Waals surface area (Å²) >= 11 is 9.34. The van der Waals surface area contributed by atoms with Crippen LogP contribution in [0.4, 0.5) is 4.79 Å². The first kappa shape index (κ1) is 19.0. The number of amides is 3. The highest BCUT2D eigenvalue weighted by molar-refractivity contribution is 9.10. The molecule has 1 atom stereocenters. The number of halogens is 2. The molecule has 10 heteroatoms. The Morgan fingerprint density at radius 1 is 1.42 bits per heavy atom. The summed E-state index contributed by atoms with van der Waals surface area (Å²) in [6.45, 7) is 1.38. The van der Waals surface area contributed by atoms with E-state index in [-0.39, 0.29) is 11.5 Å². The topological polar surface area (TPSA) is 102 Å². The maximum atomic E-state index is 11.7. The largest absolute Gasteiger partial charge is 0.482 e. The summed E-state index contributed by atoms with van der Waals surface area (Å²) in [6, 6.07) is 2.19. The van der Waals surface area contributed by atoms with Crippen molar-refractivity contribution in [2.24, 2.45) is 0 Å². The highest BCUT2D eigenvalue weighted by Crippen LogP contribution is 2.31. The first-order valence-electron chi connectivity index (χ1n) is 7.05. The fraction of sp³-hybridized carbons (Fsp3) is 0.429. The summed E-state index contributed by atoms with van der Waals surface area (Å²) in [6.07, 6.45) is 0.341. The number of benzene rings is 1. The third-order valence-corrected chi connectivity index (χ3v) is 5.87. The van der Waals surface area contributed by atoms with Crippen LogP contribution in [0.3, 0.4) is 0 Å². The molecule has 0 unspecified atom stereocenters. The van der Waals surface area contributed by atoms with E-state index in [9.17, 15) is 18.0 Å². The van der Waals surface area contributed by atoms with E-state index < -0.39 is 34.4 Å². The molecule has 0 saturated carbocycles.